The molecule has 0 amide bonds. The fraction of sp³-hybridized carbons (Fsp3) is 0.778. The number of rotatable bonds is 1. The van der Waals surface area contributed by atoms with E-state index in [1.165, 1.54) is 6.92 Å². The normalized spacial score (nSPS) is 49.2. The number of carbonyl (C=O) groups is 2. The molecule has 0 aromatic carbocycles. The minimum atomic E-state index is -0.596. The van der Waals surface area contributed by atoms with Crippen molar-refractivity contribution in [3.63, 3.8) is 0 Å². The lowest BCUT2D eigenvalue weighted by Crippen LogP contribution is -2.50. The zero-order valence-corrected chi connectivity index (χ0v) is 14.2. The van der Waals surface area contributed by atoms with Crippen LogP contribution >= 0.6 is 0 Å². The Hall–Kier alpha value is -1.36. The van der Waals surface area contributed by atoms with Crippen LogP contribution in [0.5, 0.6) is 0 Å². The van der Waals surface area contributed by atoms with Crippen molar-refractivity contribution < 1.29 is 24.2 Å². The minimum Gasteiger partial charge on any atom is -0.461 e. The zero-order chi connectivity index (χ0) is 17.1. The average molecular weight is 322 g/mol. The molecule has 1 saturated heterocycles. The standard InChI is InChI=1S/C18H26O5/c1-8-6-12-14(10(3)17(21)23-12)16(22-11(4)19)18(5)13(20)7-9(2)15(8)18/h8-9,12-16,20H,3,6-7H2,1-2,4-5H3/t8-,9+,12+,13+,14-,15-,16+,18-/m1/s1. The molecule has 3 fully saturated rings. The predicted molar refractivity (Wildman–Crippen MR) is 83.2 cm³/mol. The first-order valence-corrected chi connectivity index (χ1v) is 8.43. The van der Waals surface area contributed by atoms with Crippen molar-refractivity contribution in [1.29, 1.82) is 0 Å². The van der Waals surface area contributed by atoms with Gasteiger partial charge in [-0.05, 0) is 30.6 Å². The van der Waals surface area contributed by atoms with Gasteiger partial charge in [-0.3, -0.25) is 4.79 Å². The third-order valence-electron chi connectivity index (χ3n) is 6.42. The van der Waals surface area contributed by atoms with Crippen LogP contribution in [0.3, 0.4) is 0 Å². The second kappa shape index (κ2) is 5.33. The molecule has 3 aliphatic rings. The van der Waals surface area contributed by atoms with E-state index >= 15 is 0 Å². The molecule has 2 aliphatic carbocycles. The van der Waals surface area contributed by atoms with Crippen molar-refractivity contribution in [2.24, 2.45) is 29.1 Å². The molecule has 3 rings (SSSR count). The van der Waals surface area contributed by atoms with Crippen molar-refractivity contribution in [2.45, 2.75) is 58.8 Å². The highest BCUT2D eigenvalue weighted by atomic mass is 16.6. The van der Waals surface area contributed by atoms with E-state index < -0.39 is 29.6 Å². The lowest BCUT2D eigenvalue weighted by molar-refractivity contribution is -0.167. The van der Waals surface area contributed by atoms with Gasteiger partial charge in [0.2, 0.25) is 0 Å². The van der Waals surface area contributed by atoms with Crippen LogP contribution in [0.1, 0.15) is 40.5 Å². The topological polar surface area (TPSA) is 72.8 Å². The summed E-state index contributed by atoms with van der Waals surface area (Å²) < 4.78 is 11.2. The molecule has 0 spiro atoms. The number of fused-ring (bicyclic) bond motifs is 2. The van der Waals surface area contributed by atoms with Crippen LogP contribution < -0.4 is 0 Å². The summed E-state index contributed by atoms with van der Waals surface area (Å²) in [7, 11) is 0. The van der Waals surface area contributed by atoms with Gasteiger partial charge >= 0.3 is 11.9 Å². The fourth-order valence-electron chi connectivity index (χ4n) is 5.64. The molecule has 1 N–H and O–H groups in total. The number of carbonyl (C=O) groups excluding carboxylic acids is 2. The second-order valence-corrected chi connectivity index (χ2v) is 7.86. The number of aliphatic hydroxyl groups excluding tert-OH is 1. The number of hydrogen-bond acceptors (Lipinski definition) is 5. The molecule has 5 nitrogen and oxygen atoms in total. The van der Waals surface area contributed by atoms with E-state index in [0.29, 0.717) is 24.3 Å². The highest BCUT2D eigenvalue weighted by Crippen LogP contribution is 2.59. The fourth-order valence-corrected chi connectivity index (χ4v) is 5.64. The third-order valence-corrected chi connectivity index (χ3v) is 6.42. The Bertz CT molecular complexity index is 556. The summed E-state index contributed by atoms with van der Waals surface area (Å²) in [6.07, 6.45) is -0.0847. The van der Waals surface area contributed by atoms with Crippen LogP contribution in [0.15, 0.2) is 12.2 Å². The molecular formula is C18H26O5. The highest BCUT2D eigenvalue weighted by molar-refractivity contribution is 5.91. The number of esters is 2. The van der Waals surface area contributed by atoms with E-state index in [1.54, 1.807) is 0 Å². The van der Waals surface area contributed by atoms with Gasteiger partial charge in [-0.25, -0.2) is 4.79 Å². The molecule has 1 heterocycles. The largest absolute Gasteiger partial charge is 0.461 e. The van der Waals surface area contributed by atoms with Gasteiger partial charge in [0.15, 0.2) is 0 Å². The monoisotopic (exact) mass is 322 g/mol. The molecule has 128 valence electrons. The van der Waals surface area contributed by atoms with Gasteiger partial charge < -0.3 is 14.6 Å². The van der Waals surface area contributed by atoms with Gasteiger partial charge in [0.25, 0.3) is 0 Å². The first-order valence-electron chi connectivity index (χ1n) is 8.43. The molecule has 0 unspecified atom stereocenters. The SMILES string of the molecule is C=C1C(=O)O[C@H]2C[C@@H](C)[C@@H]3[C@@H](C)C[C@H](O)[C@@]3(C)[C@@H](OC(C)=O)[C@H]12. The number of ether oxygens (including phenoxy) is 2. The van der Waals surface area contributed by atoms with Crippen LogP contribution in [-0.2, 0) is 19.1 Å². The Labute approximate surface area is 137 Å². The Morgan fingerprint density at radius 2 is 1.96 bits per heavy atom. The smallest absolute Gasteiger partial charge is 0.334 e. The molecule has 0 aromatic heterocycles. The molecule has 0 radical (unpaired) electrons. The van der Waals surface area contributed by atoms with Crippen molar-refractivity contribution in [2.75, 3.05) is 0 Å². The Balaban J connectivity index is 2.12. The van der Waals surface area contributed by atoms with Crippen molar-refractivity contribution in [3.05, 3.63) is 12.2 Å². The summed E-state index contributed by atoms with van der Waals surface area (Å²) in [5.74, 6) is -0.387. The third kappa shape index (κ3) is 2.24. The average Bonchev–Trinajstić information content (AvgIpc) is 2.79. The molecule has 2 saturated carbocycles. The molecular weight excluding hydrogens is 296 g/mol. The van der Waals surface area contributed by atoms with Gasteiger partial charge in [-0.1, -0.05) is 27.4 Å². The molecule has 1 aliphatic heterocycles. The van der Waals surface area contributed by atoms with Crippen LogP contribution in [0.2, 0.25) is 0 Å². The van der Waals surface area contributed by atoms with E-state index in [9.17, 15) is 14.7 Å². The summed E-state index contributed by atoms with van der Waals surface area (Å²) in [5.41, 5.74) is -0.233. The number of hydrogen-bond donors (Lipinski definition) is 1. The molecule has 0 bridgehead atoms. The summed E-state index contributed by atoms with van der Waals surface area (Å²) in [4.78, 5) is 23.8. The zero-order valence-electron chi connectivity index (χ0n) is 14.2. The van der Waals surface area contributed by atoms with E-state index in [2.05, 4.69) is 20.4 Å². The number of aliphatic hydroxyl groups is 1. The summed E-state index contributed by atoms with van der Waals surface area (Å²) in [6, 6.07) is 0. The first kappa shape index (κ1) is 16.5. The summed E-state index contributed by atoms with van der Waals surface area (Å²) in [6.45, 7) is 11.5. The minimum absolute atomic E-state index is 0.207. The summed E-state index contributed by atoms with van der Waals surface area (Å²) >= 11 is 0. The van der Waals surface area contributed by atoms with Crippen LogP contribution in [0.25, 0.3) is 0 Å². The molecule has 0 aromatic rings. The van der Waals surface area contributed by atoms with Crippen molar-refractivity contribution in [3.8, 4) is 0 Å². The van der Waals surface area contributed by atoms with Gasteiger partial charge in [0.05, 0.1) is 12.0 Å². The highest BCUT2D eigenvalue weighted by Gasteiger charge is 2.64. The lowest BCUT2D eigenvalue weighted by Gasteiger charge is -2.43. The maximum Gasteiger partial charge on any atom is 0.334 e. The van der Waals surface area contributed by atoms with Crippen molar-refractivity contribution in [1.82, 2.24) is 0 Å². The first-order chi connectivity index (χ1) is 10.7. The molecule has 23 heavy (non-hydrogen) atoms. The van der Waals surface area contributed by atoms with Gasteiger partial charge in [0.1, 0.15) is 12.2 Å². The van der Waals surface area contributed by atoms with Crippen molar-refractivity contribution >= 4 is 11.9 Å². The maximum absolute atomic E-state index is 12.0. The second-order valence-electron chi connectivity index (χ2n) is 7.86. The van der Waals surface area contributed by atoms with Crippen LogP contribution in [-0.4, -0.2) is 35.4 Å². The Kier molecular flexibility index (Phi) is 3.82. The predicted octanol–water partition coefficient (Wildman–Crippen LogP) is 2.08. The Morgan fingerprint density at radius 1 is 1.35 bits per heavy atom. The summed E-state index contributed by atoms with van der Waals surface area (Å²) in [5, 5.41) is 10.8. The Morgan fingerprint density at radius 3 is 2.57 bits per heavy atom. The van der Waals surface area contributed by atoms with E-state index in [-0.39, 0.29) is 23.9 Å². The van der Waals surface area contributed by atoms with Crippen LogP contribution in [0, 0.1) is 29.1 Å². The molecule has 8 atom stereocenters. The van der Waals surface area contributed by atoms with E-state index in [0.717, 1.165) is 0 Å². The quantitative estimate of drug-likeness (QED) is 0.591. The van der Waals surface area contributed by atoms with Gasteiger partial charge in [0, 0.05) is 17.9 Å². The van der Waals surface area contributed by atoms with Gasteiger partial charge in [-0.2, -0.15) is 0 Å². The van der Waals surface area contributed by atoms with Gasteiger partial charge in [-0.15, -0.1) is 0 Å². The van der Waals surface area contributed by atoms with E-state index in [1.807, 2.05) is 6.92 Å². The maximum atomic E-state index is 12.0. The van der Waals surface area contributed by atoms with Crippen LogP contribution in [0.4, 0.5) is 0 Å². The molecule has 5 heteroatoms. The van der Waals surface area contributed by atoms with E-state index in [4.69, 9.17) is 9.47 Å². The lowest BCUT2D eigenvalue weighted by atomic mass is 9.65.